The number of ether oxygens (including phenoxy) is 1. The summed E-state index contributed by atoms with van der Waals surface area (Å²) in [7, 11) is 0. The SMILES string of the molecule is CC(C)(C)OC(=O)N(CC(=O)O)C12CC3C[C@](O)(C1)C[C@](O)(C3)C2. The van der Waals surface area contributed by atoms with Gasteiger partial charge in [-0.05, 0) is 58.8 Å². The van der Waals surface area contributed by atoms with Crippen molar-refractivity contribution in [3.63, 3.8) is 0 Å². The third-order valence-corrected chi connectivity index (χ3v) is 5.46. The Hall–Kier alpha value is -1.34. The number of carboxylic acid groups (broad SMARTS) is 1. The number of aliphatic hydroxyl groups is 2. The Morgan fingerprint density at radius 2 is 1.62 bits per heavy atom. The van der Waals surface area contributed by atoms with Crippen molar-refractivity contribution < 1.29 is 29.6 Å². The normalized spacial score (nSPS) is 40.5. The quantitative estimate of drug-likeness (QED) is 0.718. The molecule has 2 atom stereocenters. The Morgan fingerprint density at radius 1 is 1.08 bits per heavy atom. The van der Waals surface area contributed by atoms with Crippen LogP contribution in [0.25, 0.3) is 0 Å². The highest BCUT2D eigenvalue weighted by atomic mass is 16.6. The first-order chi connectivity index (χ1) is 10.8. The lowest BCUT2D eigenvalue weighted by Gasteiger charge is -2.65. The number of aliphatic carboxylic acids is 1. The Morgan fingerprint density at radius 3 is 2.04 bits per heavy atom. The highest BCUT2D eigenvalue weighted by molar-refractivity contribution is 5.78. The number of amides is 1. The Kier molecular flexibility index (Phi) is 3.70. The second kappa shape index (κ2) is 5.08. The smallest absolute Gasteiger partial charge is 0.411 e. The number of carboxylic acids is 1. The summed E-state index contributed by atoms with van der Waals surface area (Å²) in [6.07, 6.45) is 2.01. The van der Waals surface area contributed by atoms with Crippen molar-refractivity contribution in [2.45, 2.75) is 81.6 Å². The molecule has 4 rings (SSSR count). The van der Waals surface area contributed by atoms with E-state index in [-0.39, 0.29) is 5.92 Å². The fourth-order valence-corrected chi connectivity index (χ4v) is 5.47. The number of carbonyl (C=O) groups excluding carboxylic acids is 1. The minimum absolute atomic E-state index is 0.0926. The van der Waals surface area contributed by atoms with Crippen LogP contribution in [0.1, 0.15) is 59.3 Å². The molecule has 0 aromatic carbocycles. The molecule has 0 aliphatic heterocycles. The highest BCUT2D eigenvalue weighted by Crippen LogP contribution is 2.61. The van der Waals surface area contributed by atoms with E-state index in [9.17, 15) is 24.9 Å². The number of hydrogen-bond donors (Lipinski definition) is 3. The van der Waals surface area contributed by atoms with Crippen molar-refractivity contribution in [1.29, 1.82) is 0 Å². The Balaban J connectivity index is 1.95. The van der Waals surface area contributed by atoms with E-state index in [1.54, 1.807) is 20.8 Å². The molecule has 24 heavy (non-hydrogen) atoms. The van der Waals surface area contributed by atoms with Gasteiger partial charge in [-0.2, -0.15) is 0 Å². The first-order valence-electron chi connectivity index (χ1n) is 8.51. The van der Waals surface area contributed by atoms with Gasteiger partial charge in [-0.15, -0.1) is 0 Å². The minimum Gasteiger partial charge on any atom is -0.480 e. The van der Waals surface area contributed by atoms with Crippen molar-refractivity contribution >= 4 is 12.1 Å². The Bertz CT molecular complexity index is 550. The molecule has 3 N–H and O–H groups in total. The van der Waals surface area contributed by atoms with E-state index in [0.717, 1.165) is 0 Å². The lowest BCUT2D eigenvalue weighted by Crippen LogP contribution is -2.72. The lowest BCUT2D eigenvalue weighted by atomic mass is 9.49. The van der Waals surface area contributed by atoms with E-state index in [0.29, 0.717) is 38.5 Å². The van der Waals surface area contributed by atoms with Crippen molar-refractivity contribution in [2.24, 2.45) is 5.92 Å². The molecule has 4 saturated carbocycles. The van der Waals surface area contributed by atoms with Gasteiger partial charge >= 0.3 is 12.1 Å². The maximum Gasteiger partial charge on any atom is 0.411 e. The fraction of sp³-hybridized carbons (Fsp3) is 0.882. The van der Waals surface area contributed by atoms with Gasteiger partial charge in [0.15, 0.2) is 0 Å². The average Bonchev–Trinajstić information content (AvgIpc) is 2.28. The van der Waals surface area contributed by atoms with Crippen LogP contribution in [0.4, 0.5) is 4.79 Å². The summed E-state index contributed by atoms with van der Waals surface area (Å²) in [6, 6.07) is 0. The minimum atomic E-state index is -1.13. The second-order valence-electron chi connectivity index (χ2n) is 9.14. The molecule has 136 valence electrons. The van der Waals surface area contributed by atoms with Gasteiger partial charge in [0.2, 0.25) is 0 Å². The molecular formula is C17H27NO6. The third kappa shape index (κ3) is 3.11. The van der Waals surface area contributed by atoms with Crippen LogP contribution in [-0.2, 0) is 9.53 Å². The van der Waals surface area contributed by atoms with Crippen LogP contribution in [-0.4, -0.2) is 61.2 Å². The van der Waals surface area contributed by atoms with E-state index in [1.165, 1.54) is 4.90 Å². The fourth-order valence-electron chi connectivity index (χ4n) is 5.47. The molecular weight excluding hydrogens is 314 g/mol. The first kappa shape index (κ1) is 17.5. The van der Waals surface area contributed by atoms with Gasteiger partial charge in [0, 0.05) is 6.42 Å². The molecule has 4 bridgehead atoms. The third-order valence-electron chi connectivity index (χ3n) is 5.46. The molecule has 0 aromatic rings. The van der Waals surface area contributed by atoms with Crippen LogP contribution in [0.3, 0.4) is 0 Å². The summed E-state index contributed by atoms with van der Waals surface area (Å²) < 4.78 is 5.42. The van der Waals surface area contributed by atoms with Crippen molar-refractivity contribution in [3.05, 3.63) is 0 Å². The van der Waals surface area contributed by atoms with E-state index >= 15 is 0 Å². The van der Waals surface area contributed by atoms with Crippen LogP contribution in [0.5, 0.6) is 0 Å². The summed E-state index contributed by atoms with van der Waals surface area (Å²) in [4.78, 5) is 25.3. The summed E-state index contributed by atoms with van der Waals surface area (Å²) in [5, 5.41) is 31.0. The average molecular weight is 341 g/mol. The second-order valence-corrected chi connectivity index (χ2v) is 9.14. The van der Waals surface area contributed by atoms with Crippen molar-refractivity contribution in [1.82, 2.24) is 4.90 Å². The number of rotatable bonds is 3. The zero-order chi connectivity index (χ0) is 18.0. The highest BCUT2D eigenvalue weighted by Gasteiger charge is 2.65. The van der Waals surface area contributed by atoms with Gasteiger partial charge in [0.25, 0.3) is 0 Å². The van der Waals surface area contributed by atoms with Gasteiger partial charge in [0.05, 0.1) is 16.7 Å². The van der Waals surface area contributed by atoms with Gasteiger partial charge in [-0.1, -0.05) is 0 Å². The molecule has 0 unspecified atom stereocenters. The first-order valence-corrected chi connectivity index (χ1v) is 8.51. The Labute approximate surface area is 141 Å². The monoisotopic (exact) mass is 341 g/mol. The molecule has 0 saturated heterocycles. The maximum absolute atomic E-state index is 12.7. The van der Waals surface area contributed by atoms with Gasteiger partial charge < -0.3 is 20.1 Å². The largest absolute Gasteiger partial charge is 0.480 e. The molecule has 4 aliphatic carbocycles. The molecule has 4 fully saturated rings. The molecule has 7 heteroatoms. The molecule has 0 aromatic heterocycles. The summed E-state index contributed by atoms with van der Waals surface area (Å²) >= 11 is 0. The summed E-state index contributed by atoms with van der Waals surface area (Å²) in [5.74, 6) is -1.04. The molecule has 1 amide bonds. The predicted molar refractivity (Wildman–Crippen MR) is 84.4 cm³/mol. The number of carbonyl (C=O) groups is 2. The van der Waals surface area contributed by atoms with Crippen LogP contribution < -0.4 is 0 Å². The van der Waals surface area contributed by atoms with E-state index in [4.69, 9.17) is 4.74 Å². The van der Waals surface area contributed by atoms with Crippen molar-refractivity contribution in [3.8, 4) is 0 Å². The number of hydrogen-bond acceptors (Lipinski definition) is 5. The lowest BCUT2D eigenvalue weighted by molar-refractivity contribution is -0.231. The molecule has 7 nitrogen and oxygen atoms in total. The molecule has 4 aliphatic rings. The van der Waals surface area contributed by atoms with Gasteiger partial charge in [-0.25, -0.2) is 4.79 Å². The van der Waals surface area contributed by atoms with Crippen molar-refractivity contribution in [2.75, 3.05) is 6.54 Å². The van der Waals surface area contributed by atoms with Crippen LogP contribution in [0.2, 0.25) is 0 Å². The predicted octanol–water partition coefficient (Wildman–Crippen LogP) is 1.51. The van der Waals surface area contributed by atoms with Gasteiger partial charge in [0.1, 0.15) is 12.1 Å². The van der Waals surface area contributed by atoms with E-state index < -0.39 is 40.9 Å². The molecule has 0 spiro atoms. The molecule has 0 heterocycles. The topological polar surface area (TPSA) is 107 Å². The van der Waals surface area contributed by atoms with E-state index in [1.807, 2.05) is 0 Å². The van der Waals surface area contributed by atoms with E-state index in [2.05, 4.69) is 0 Å². The van der Waals surface area contributed by atoms with Crippen LogP contribution >= 0.6 is 0 Å². The zero-order valence-corrected chi connectivity index (χ0v) is 14.5. The zero-order valence-electron chi connectivity index (χ0n) is 14.5. The van der Waals surface area contributed by atoms with Crippen LogP contribution in [0.15, 0.2) is 0 Å². The standard InChI is InChI=1S/C17H27NO6/c1-14(2,3)24-13(21)18(7-12(19)20)15-4-11-5-16(22,8-15)10-17(23,6-11)9-15/h11,22-23H,4-10H2,1-3H3,(H,19,20)/t11?,15?,16-,17-/m0/s1. The molecule has 0 radical (unpaired) electrons. The van der Waals surface area contributed by atoms with Gasteiger partial charge in [-0.3, -0.25) is 9.69 Å². The summed E-state index contributed by atoms with van der Waals surface area (Å²) in [6.45, 7) is 4.69. The summed E-state index contributed by atoms with van der Waals surface area (Å²) in [5.41, 5.74) is -3.67. The van der Waals surface area contributed by atoms with Crippen LogP contribution in [0, 0.1) is 5.92 Å². The number of nitrogens with zero attached hydrogens (tertiary/aromatic N) is 1. The maximum atomic E-state index is 12.7.